The van der Waals surface area contributed by atoms with Crippen molar-refractivity contribution in [3.05, 3.63) is 89.1 Å². The molecule has 194 valence electrons. The molecule has 0 saturated carbocycles. The topological polar surface area (TPSA) is 111 Å². The first-order chi connectivity index (χ1) is 17.3. The van der Waals surface area contributed by atoms with Crippen LogP contribution >= 0.6 is 34.8 Å². The molecule has 1 saturated heterocycles. The summed E-state index contributed by atoms with van der Waals surface area (Å²) in [6.07, 6.45) is -4.77. The first-order valence-corrected chi connectivity index (χ1v) is 11.3. The molecular formula is C22H13Cl3F3N3O6. The summed E-state index contributed by atoms with van der Waals surface area (Å²) in [5, 5.41) is 8.60. The van der Waals surface area contributed by atoms with Gasteiger partial charge in [0.05, 0.1) is 45.1 Å². The number of alkyl halides is 3. The average molecular weight is 579 g/mol. The number of halogens is 6. The Morgan fingerprint density at radius 2 is 1.73 bits per heavy atom. The minimum absolute atomic E-state index is 0.0808. The number of carbonyl (C=O) groups is 2. The predicted molar refractivity (Wildman–Crippen MR) is 128 cm³/mol. The van der Waals surface area contributed by atoms with Crippen LogP contribution in [-0.2, 0) is 17.5 Å². The van der Waals surface area contributed by atoms with Crippen LogP contribution in [0.3, 0.4) is 0 Å². The number of aromatic carboxylic acids is 1. The van der Waals surface area contributed by atoms with Gasteiger partial charge in [0.25, 0.3) is 5.56 Å². The van der Waals surface area contributed by atoms with Crippen LogP contribution in [0.2, 0.25) is 15.1 Å². The van der Waals surface area contributed by atoms with Gasteiger partial charge in [-0.2, -0.15) is 13.2 Å². The molecule has 0 unspecified atom stereocenters. The van der Waals surface area contributed by atoms with Crippen molar-refractivity contribution in [1.82, 2.24) is 9.13 Å². The molecule has 1 fully saturated rings. The molecular weight excluding hydrogens is 566 g/mol. The van der Waals surface area contributed by atoms with E-state index in [0.717, 1.165) is 27.8 Å². The Morgan fingerprint density at radius 3 is 2.27 bits per heavy atom. The van der Waals surface area contributed by atoms with E-state index >= 15 is 0 Å². The molecule has 0 bridgehead atoms. The van der Waals surface area contributed by atoms with Gasteiger partial charge in [-0.05, 0) is 23.8 Å². The molecule has 1 aliphatic heterocycles. The summed E-state index contributed by atoms with van der Waals surface area (Å²) in [6.45, 7) is -0.512. The molecule has 0 spiro atoms. The van der Waals surface area contributed by atoms with Gasteiger partial charge < -0.3 is 9.84 Å². The number of carbonyl (C=O) groups excluding carboxylic acids is 1. The molecule has 37 heavy (non-hydrogen) atoms. The molecule has 4 rings (SSSR count). The van der Waals surface area contributed by atoms with Gasteiger partial charge >= 0.3 is 23.9 Å². The molecule has 1 amide bonds. The van der Waals surface area contributed by atoms with Crippen molar-refractivity contribution in [2.45, 2.75) is 12.7 Å². The molecule has 3 aromatic rings. The summed E-state index contributed by atoms with van der Waals surface area (Å²) in [7, 11) is 0. The molecule has 0 aliphatic carbocycles. The summed E-state index contributed by atoms with van der Waals surface area (Å²) in [6, 6.07) is 5.33. The predicted octanol–water partition coefficient (Wildman–Crippen LogP) is 4.68. The van der Waals surface area contributed by atoms with Crippen molar-refractivity contribution in [3.63, 3.8) is 0 Å². The van der Waals surface area contributed by atoms with Crippen molar-refractivity contribution in [3.8, 4) is 5.69 Å². The molecule has 0 radical (unpaired) electrons. The third-order valence-electron chi connectivity index (χ3n) is 5.42. The van der Waals surface area contributed by atoms with Gasteiger partial charge in [0.2, 0.25) is 0 Å². The number of carboxylic acid groups (broad SMARTS) is 1. The monoisotopic (exact) mass is 577 g/mol. The average Bonchev–Trinajstić information content (AvgIpc) is 3.21. The second kappa shape index (κ2) is 9.77. The van der Waals surface area contributed by atoms with E-state index in [1.165, 1.54) is 18.2 Å². The van der Waals surface area contributed by atoms with Gasteiger partial charge in [0, 0.05) is 6.20 Å². The number of ether oxygens (including phenoxy) is 1. The lowest BCUT2D eigenvalue weighted by molar-refractivity contribution is -0.137. The van der Waals surface area contributed by atoms with Crippen LogP contribution in [0.25, 0.3) is 5.69 Å². The second-order valence-corrected chi connectivity index (χ2v) is 8.88. The minimum atomic E-state index is -4.81. The first kappa shape index (κ1) is 26.6. The standard InChI is InChI=1S/C22H13Cl3F3N3O6/c23-14-6-11(7-15(24)17(14)29-4-5-37-21(29)36)30-9-12(19(33)34)18(32)31(20(30)35)8-10-2-1-3-13(16(10)25)22(26,27)28/h1-3,6-7,9H,4-5,8H2,(H,33,34). The number of carboxylic acids is 1. The summed E-state index contributed by atoms with van der Waals surface area (Å²) in [4.78, 5) is 50.9. The number of nitrogens with zero attached hydrogens (tertiary/aromatic N) is 3. The molecule has 1 N–H and O–H groups in total. The number of hydrogen-bond acceptors (Lipinski definition) is 5. The highest BCUT2D eigenvalue weighted by molar-refractivity contribution is 6.40. The number of amides is 1. The van der Waals surface area contributed by atoms with Crippen LogP contribution in [0.1, 0.15) is 21.5 Å². The van der Waals surface area contributed by atoms with Crippen molar-refractivity contribution in [2.24, 2.45) is 0 Å². The molecule has 1 aromatic heterocycles. The number of benzene rings is 2. The quantitative estimate of drug-likeness (QED) is 0.471. The fraction of sp³-hybridized carbons (Fsp3) is 0.182. The first-order valence-electron chi connectivity index (χ1n) is 10.2. The third kappa shape index (κ3) is 4.91. The Kier molecular flexibility index (Phi) is 7.01. The lowest BCUT2D eigenvalue weighted by Crippen LogP contribution is -2.42. The maximum atomic E-state index is 13.3. The number of anilines is 1. The Balaban J connectivity index is 1.89. The van der Waals surface area contributed by atoms with Gasteiger partial charge in [0.1, 0.15) is 12.2 Å². The maximum Gasteiger partial charge on any atom is 0.417 e. The van der Waals surface area contributed by atoms with Crippen molar-refractivity contribution >= 4 is 52.6 Å². The van der Waals surface area contributed by atoms with Crippen molar-refractivity contribution < 1.29 is 32.6 Å². The zero-order valence-corrected chi connectivity index (χ0v) is 20.5. The maximum absolute atomic E-state index is 13.3. The van der Waals surface area contributed by atoms with E-state index in [-0.39, 0.29) is 40.1 Å². The van der Waals surface area contributed by atoms with E-state index in [2.05, 4.69) is 0 Å². The zero-order valence-electron chi connectivity index (χ0n) is 18.2. The highest BCUT2D eigenvalue weighted by atomic mass is 35.5. The number of cyclic esters (lactones) is 1. The fourth-order valence-electron chi connectivity index (χ4n) is 3.71. The summed E-state index contributed by atoms with van der Waals surface area (Å²) in [5.74, 6) is -1.70. The van der Waals surface area contributed by atoms with E-state index in [4.69, 9.17) is 39.5 Å². The van der Waals surface area contributed by atoms with Gasteiger partial charge in [-0.3, -0.25) is 18.8 Å². The van der Waals surface area contributed by atoms with E-state index in [1.807, 2.05) is 0 Å². The van der Waals surface area contributed by atoms with Gasteiger partial charge in [-0.15, -0.1) is 0 Å². The summed E-state index contributed by atoms with van der Waals surface area (Å²) >= 11 is 18.5. The minimum Gasteiger partial charge on any atom is -0.477 e. The van der Waals surface area contributed by atoms with Crippen LogP contribution in [-0.4, -0.2) is 39.5 Å². The van der Waals surface area contributed by atoms with Crippen LogP contribution < -0.4 is 16.1 Å². The normalized spacial score (nSPS) is 13.7. The highest BCUT2D eigenvalue weighted by Crippen LogP contribution is 2.38. The molecule has 15 heteroatoms. The van der Waals surface area contributed by atoms with E-state index < -0.39 is 52.2 Å². The van der Waals surface area contributed by atoms with E-state index in [0.29, 0.717) is 4.57 Å². The van der Waals surface area contributed by atoms with Crippen molar-refractivity contribution in [1.29, 1.82) is 0 Å². The van der Waals surface area contributed by atoms with Gasteiger partial charge in [0.15, 0.2) is 0 Å². The van der Waals surface area contributed by atoms with Crippen LogP contribution in [0.5, 0.6) is 0 Å². The zero-order chi connectivity index (χ0) is 27.2. The Hall–Kier alpha value is -3.48. The Bertz CT molecular complexity index is 1540. The summed E-state index contributed by atoms with van der Waals surface area (Å²) < 4.78 is 45.9. The lowest BCUT2D eigenvalue weighted by Gasteiger charge is -2.19. The summed E-state index contributed by atoms with van der Waals surface area (Å²) in [5.41, 5.74) is -4.66. The SMILES string of the molecule is O=C(O)c1cn(-c2cc(Cl)c(N3CCOC3=O)c(Cl)c2)c(=O)n(Cc2cccc(C(F)(F)F)c2Cl)c1=O. The van der Waals surface area contributed by atoms with Gasteiger partial charge in [-0.1, -0.05) is 46.9 Å². The Labute approximate surface area is 219 Å². The number of rotatable bonds is 5. The highest BCUT2D eigenvalue weighted by Gasteiger charge is 2.34. The molecule has 1 aliphatic rings. The van der Waals surface area contributed by atoms with Crippen LogP contribution in [0.4, 0.5) is 23.7 Å². The molecule has 2 aromatic carbocycles. The Morgan fingerprint density at radius 1 is 1.08 bits per heavy atom. The molecule has 2 heterocycles. The third-order valence-corrected chi connectivity index (χ3v) is 6.45. The fourth-order valence-corrected chi connectivity index (χ4v) is 4.68. The van der Waals surface area contributed by atoms with Crippen molar-refractivity contribution in [2.75, 3.05) is 18.1 Å². The van der Waals surface area contributed by atoms with Crippen LogP contribution in [0, 0.1) is 0 Å². The van der Waals surface area contributed by atoms with E-state index in [1.54, 1.807) is 0 Å². The van der Waals surface area contributed by atoms with Gasteiger partial charge in [-0.25, -0.2) is 14.4 Å². The van der Waals surface area contributed by atoms with Crippen LogP contribution in [0.15, 0.2) is 46.1 Å². The largest absolute Gasteiger partial charge is 0.477 e. The lowest BCUT2D eigenvalue weighted by atomic mass is 10.1. The molecule has 0 atom stereocenters. The number of hydrogen-bond donors (Lipinski definition) is 1. The number of aromatic nitrogens is 2. The van der Waals surface area contributed by atoms with E-state index in [9.17, 15) is 37.5 Å². The second-order valence-electron chi connectivity index (χ2n) is 7.69. The smallest absolute Gasteiger partial charge is 0.417 e. The molecule has 9 nitrogen and oxygen atoms in total.